The number of hydrogen-bond donors (Lipinski definition) is 1. The second-order valence-electron chi connectivity index (χ2n) is 3.26. The van der Waals surface area contributed by atoms with Crippen LogP contribution < -0.4 is 5.32 Å². The standard InChI is InChI=1S/C12H13N3/c1-13-9-10-5-2-3-6-11(10)12-14-7-4-8-15-12/h2-8,13H,9H2,1H3. The highest BCUT2D eigenvalue weighted by Crippen LogP contribution is 2.18. The number of rotatable bonds is 3. The average molecular weight is 199 g/mol. The molecule has 0 saturated heterocycles. The lowest BCUT2D eigenvalue weighted by Crippen LogP contribution is -2.06. The van der Waals surface area contributed by atoms with Gasteiger partial charge < -0.3 is 5.32 Å². The van der Waals surface area contributed by atoms with Crippen LogP contribution in [0.5, 0.6) is 0 Å². The molecule has 0 aliphatic heterocycles. The van der Waals surface area contributed by atoms with Gasteiger partial charge in [0.2, 0.25) is 0 Å². The van der Waals surface area contributed by atoms with Crippen LogP contribution in [0, 0.1) is 0 Å². The van der Waals surface area contributed by atoms with Crippen molar-refractivity contribution in [2.45, 2.75) is 6.54 Å². The van der Waals surface area contributed by atoms with Crippen molar-refractivity contribution in [1.82, 2.24) is 15.3 Å². The number of hydrogen-bond acceptors (Lipinski definition) is 3. The van der Waals surface area contributed by atoms with E-state index < -0.39 is 0 Å². The van der Waals surface area contributed by atoms with Gasteiger partial charge in [0.05, 0.1) is 0 Å². The molecule has 0 saturated carbocycles. The summed E-state index contributed by atoms with van der Waals surface area (Å²) in [5.41, 5.74) is 2.30. The smallest absolute Gasteiger partial charge is 0.159 e. The monoisotopic (exact) mass is 199 g/mol. The maximum absolute atomic E-state index is 4.25. The molecule has 0 atom stereocenters. The Labute approximate surface area is 89.2 Å². The van der Waals surface area contributed by atoms with Gasteiger partial charge in [-0.1, -0.05) is 24.3 Å². The van der Waals surface area contributed by atoms with E-state index in [1.165, 1.54) is 5.56 Å². The zero-order valence-corrected chi connectivity index (χ0v) is 8.64. The highest BCUT2D eigenvalue weighted by Gasteiger charge is 2.04. The van der Waals surface area contributed by atoms with Crippen molar-refractivity contribution in [3.05, 3.63) is 48.3 Å². The van der Waals surface area contributed by atoms with Crippen molar-refractivity contribution < 1.29 is 0 Å². The summed E-state index contributed by atoms with van der Waals surface area (Å²) in [6, 6.07) is 9.98. The third kappa shape index (κ3) is 2.19. The molecule has 1 N–H and O–H groups in total. The van der Waals surface area contributed by atoms with Crippen molar-refractivity contribution >= 4 is 0 Å². The molecule has 2 rings (SSSR count). The van der Waals surface area contributed by atoms with Gasteiger partial charge in [0.25, 0.3) is 0 Å². The molecule has 0 aliphatic carbocycles. The van der Waals surface area contributed by atoms with Gasteiger partial charge in [0.1, 0.15) is 0 Å². The van der Waals surface area contributed by atoms with Crippen LogP contribution in [-0.2, 0) is 6.54 Å². The molecule has 3 nitrogen and oxygen atoms in total. The topological polar surface area (TPSA) is 37.8 Å². The second kappa shape index (κ2) is 4.66. The summed E-state index contributed by atoms with van der Waals surface area (Å²) in [6.07, 6.45) is 3.52. The molecule has 0 spiro atoms. The number of benzene rings is 1. The Hall–Kier alpha value is -1.74. The van der Waals surface area contributed by atoms with E-state index in [9.17, 15) is 0 Å². The fourth-order valence-corrected chi connectivity index (χ4v) is 1.52. The molecule has 0 radical (unpaired) electrons. The molecule has 15 heavy (non-hydrogen) atoms. The molecule has 0 amide bonds. The van der Waals surface area contributed by atoms with Gasteiger partial charge in [0.15, 0.2) is 5.82 Å². The summed E-state index contributed by atoms with van der Waals surface area (Å²) in [6.45, 7) is 0.828. The summed E-state index contributed by atoms with van der Waals surface area (Å²) in [5.74, 6) is 0.781. The van der Waals surface area contributed by atoms with Crippen LogP contribution in [0.3, 0.4) is 0 Å². The predicted molar refractivity (Wildman–Crippen MR) is 60.2 cm³/mol. The van der Waals surface area contributed by atoms with Crippen molar-refractivity contribution in [2.24, 2.45) is 0 Å². The van der Waals surface area contributed by atoms with Crippen LogP contribution in [0.4, 0.5) is 0 Å². The Morgan fingerprint density at radius 1 is 1.07 bits per heavy atom. The molecular weight excluding hydrogens is 186 g/mol. The van der Waals surface area contributed by atoms with Gasteiger partial charge in [0, 0.05) is 24.5 Å². The first-order valence-corrected chi connectivity index (χ1v) is 4.91. The van der Waals surface area contributed by atoms with E-state index in [4.69, 9.17) is 0 Å². The molecule has 0 aliphatic rings. The zero-order chi connectivity index (χ0) is 10.5. The molecule has 1 heterocycles. The Morgan fingerprint density at radius 3 is 2.53 bits per heavy atom. The van der Waals surface area contributed by atoms with E-state index in [1.54, 1.807) is 12.4 Å². The van der Waals surface area contributed by atoms with Crippen molar-refractivity contribution in [3.63, 3.8) is 0 Å². The largest absolute Gasteiger partial charge is 0.316 e. The van der Waals surface area contributed by atoms with Crippen molar-refractivity contribution in [2.75, 3.05) is 7.05 Å². The van der Waals surface area contributed by atoms with E-state index in [2.05, 4.69) is 21.4 Å². The number of nitrogens with one attached hydrogen (secondary N) is 1. The minimum absolute atomic E-state index is 0.781. The van der Waals surface area contributed by atoms with E-state index in [0.29, 0.717) is 0 Å². The van der Waals surface area contributed by atoms with Crippen LogP contribution in [-0.4, -0.2) is 17.0 Å². The summed E-state index contributed by atoms with van der Waals surface area (Å²) in [7, 11) is 1.93. The van der Waals surface area contributed by atoms with Gasteiger partial charge in [-0.15, -0.1) is 0 Å². The molecule has 3 heteroatoms. The molecule has 0 unspecified atom stereocenters. The first kappa shape index (κ1) is 9.80. The zero-order valence-electron chi connectivity index (χ0n) is 8.64. The van der Waals surface area contributed by atoms with Crippen LogP contribution in [0.2, 0.25) is 0 Å². The normalized spacial score (nSPS) is 10.2. The molecule has 1 aromatic heterocycles. The van der Waals surface area contributed by atoms with Crippen LogP contribution in [0.1, 0.15) is 5.56 Å². The lowest BCUT2D eigenvalue weighted by atomic mass is 10.1. The third-order valence-electron chi connectivity index (χ3n) is 2.19. The minimum atomic E-state index is 0.781. The number of nitrogens with zero attached hydrogens (tertiary/aromatic N) is 2. The predicted octanol–water partition coefficient (Wildman–Crippen LogP) is 1.86. The lowest BCUT2D eigenvalue weighted by molar-refractivity contribution is 0.818. The summed E-state index contributed by atoms with van der Waals surface area (Å²) < 4.78 is 0. The van der Waals surface area contributed by atoms with Gasteiger partial charge >= 0.3 is 0 Å². The molecule has 1 aromatic carbocycles. The van der Waals surface area contributed by atoms with E-state index >= 15 is 0 Å². The van der Waals surface area contributed by atoms with Crippen molar-refractivity contribution in [1.29, 1.82) is 0 Å². The fourth-order valence-electron chi connectivity index (χ4n) is 1.52. The minimum Gasteiger partial charge on any atom is -0.316 e. The Balaban J connectivity index is 2.43. The molecule has 2 aromatic rings. The first-order valence-electron chi connectivity index (χ1n) is 4.91. The molecule has 76 valence electrons. The number of aromatic nitrogens is 2. The second-order valence-corrected chi connectivity index (χ2v) is 3.26. The summed E-state index contributed by atoms with van der Waals surface area (Å²) in [5, 5.41) is 3.14. The van der Waals surface area contributed by atoms with Crippen LogP contribution in [0.25, 0.3) is 11.4 Å². The fraction of sp³-hybridized carbons (Fsp3) is 0.167. The SMILES string of the molecule is CNCc1ccccc1-c1ncccn1. The molecule has 0 fully saturated rings. The van der Waals surface area contributed by atoms with E-state index in [1.807, 2.05) is 31.3 Å². The quantitative estimate of drug-likeness (QED) is 0.820. The Kier molecular flexibility index (Phi) is 3.05. The first-order chi connectivity index (χ1) is 7.42. The summed E-state index contributed by atoms with van der Waals surface area (Å²) in [4.78, 5) is 8.51. The third-order valence-corrected chi connectivity index (χ3v) is 2.19. The van der Waals surface area contributed by atoms with Gasteiger partial charge in [-0.3, -0.25) is 0 Å². The Bertz CT molecular complexity index is 426. The van der Waals surface area contributed by atoms with Gasteiger partial charge in [-0.2, -0.15) is 0 Å². The van der Waals surface area contributed by atoms with Crippen LogP contribution >= 0.6 is 0 Å². The van der Waals surface area contributed by atoms with Crippen LogP contribution in [0.15, 0.2) is 42.7 Å². The van der Waals surface area contributed by atoms with E-state index in [0.717, 1.165) is 17.9 Å². The highest BCUT2D eigenvalue weighted by atomic mass is 14.9. The lowest BCUT2D eigenvalue weighted by Gasteiger charge is -2.06. The summed E-state index contributed by atoms with van der Waals surface area (Å²) >= 11 is 0. The van der Waals surface area contributed by atoms with Gasteiger partial charge in [-0.25, -0.2) is 9.97 Å². The Morgan fingerprint density at radius 2 is 1.80 bits per heavy atom. The maximum Gasteiger partial charge on any atom is 0.159 e. The van der Waals surface area contributed by atoms with E-state index in [-0.39, 0.29) is 0 Å². The average Bonchev–Trinajstić information content (AvgIpc) is 2.31. The van der Waals surface area contributed by atoms with Crippen molar-refractivity contribution in [3.8, 4) is 11.4 Å². The highest BCUT2D eigenvalue weighted by molar-refractivity contribution is 5.59. The molecular formula is C12H13N3. The maximum atomic E-state index is 4.25. The molecule has 0 bridgehead atoms. The van der Waals surface area contributed by atoms with Gasteiger partial charge in [-0.05, 0) is 18.7 Å².